The number of rotatable bonds is 10. The van der Waals surface area contributed by atoms with E-state index in [1.54, 1.807) is 6.92 Å². The predicted molar refractivity (Wildman–Crippen MR) is 104 cm³/mol. The molecule has 8 heteroatoms. The summed E-state index contributed by atoms with van der Waals surface area (Å²) < 4.78 is 46.2. The maximum Gasteiger partial charge on any atom is 0.251 e. The van der Waals surface area contributed by atoms with Crippen LogP contribution in [0, 0.1) is 11.7 Å². The molecule has 5 nitrogen and oxygen atoms in total. The average molecular weight is 412 g/mol. The smallest absolute Gasteiger partial charge is 0.251 e. The maximum absolute atomic E-state index is 14.0. The van der Waals surface area contributed by atoms with Crippen LogP contribution in [-0.4, -0.2) is 36.3 Å². The molecule has 1 aromatic carbocycles. The first-order valence-electron chi connectivity index (χ1n) is 9.65. The van der Waals surface area contributed by atoms with E-state index in [0.29, 0.717) is 25.8 Å². The lowest BCUT2D eigenvalue weighted by Gasteiger charge is -2.25. The molecule has 2 rings (SSSR count). The number of benzene rings is 1. The molecule has 3 unspecified atom stereocenters. The Bertz CT molecular complexity index is 750. The van der Waals surface area contributed by atoms with Crippen molar-refractivity contribution in [1.82, 2.24) is 5.32 Å². The number of nitrogens with one attached hydrogen (secondary N) is 1. The van der Waals surface area contributed by atoms with Crippen molar-refractivity contribution in [1.29, 1.82) is 0 Å². The zero-order valence-corrected chi connectivity index (χ0v) is 16.3. The molecule has 0 heterocycles. The van der Waals surface area contributed by atoms with Crippen molar-refractivity contribution >= 4 is 5.91 Å². The summed E-state index contributed by atoms with van der Waals surface area (Å²) in [5, 5.41) is 13.2. The Morgan fingerprint density at radius 1 is 1.28 bits per heavy atom. The third-order valence-electron chi connectivity index (χ3n) is 4.65. The lowest BCUT2D eigenvalue weighted by atomic mass is 10.0. The second kappa shape index (κ2) is 11.0. The standard InChI is InChI=1S/C21H27F3N2O3/c1-13-10-16(23)20(17(24)11-13)29-12-19(27)18(4-2-3-9-25)26-21(28)14-5-7-15(22)8-6-14/h5-8,10,13,18-19,27H,2-4,9,11-12,25H2,1H3,(H,26,28). The lowest BCUT2D eigenvalue weighted by Crippen LogP contribution is -2.45. The summed E-state index contributed by atoms with van der Waals surface area (Å²) in [5.74, 6) is -3.26. The van der Waals surface area contributed by atoms with Gasteiger partial charge in [-0.3, -0.25) is 4.79 Å². The zero-order valence-electron chi connectivity index (χ0n) is 16.3. The molecule has 0 aromatic heterocycles. The van der Waals surface area contributed by atoms with Gasteiger partial charge >= 0.3 is 0 Å². The van der Waals surface area contributed by atoms with E-state index in [9.17, 15) is 23.1 Å². The number of hydrogen-bond donors (Lipinski definition) is 3. The van der Waals surface area contributed by atoms with Gasteiger partial charge < -0.3 is 20.9 Å². The van der Waals surface area contributed by atoms with Crippen LogP contribution in [0.2, 0.25) is 0 Å². The first-order valence-corrected chi connectivity index (χ1v) is 9.65. The number of nitrogens with two attached hydrogens (primary N) is 1. The molecule has 0 aliphatic heterocycles. The van der Waals surface area contributed by atoms with E-state index < -0.39 is 47.9 Å². The number of aliphatic hydroxyl groups is 1. The van der Waals surface area contributed by atoms with Crippen molar-refractivity contribution in [3.8, 4) is 0 Å². The van der Waals surface area contributed by atoms with Crippen LogP contribution < -0.4 is 11.1 Å². The molecule has 0 saturated carbocycles. The van der Waals surface area contributed by atoms with Crippen LogP contribution >= 0.6 is 0 Å². The van der Waals surface area contributed by atoms with E-state index in [4.69, 9.17) is 10.5 Å². The van der Waals surface area contributed by atoms with Gasteiger partial charge in [-0.1, -0.05) is 13.3 Å². The third kappa shape index (κ3) is 6.90. The summed E-state index contributed by atoms with van der Waals surface area (Å²) in [6, 6.07) is 4.25. The maximum atomic E-state index is 14.0. The lowest BCUT2D eigenvalue weighted by molar-refractivity contribution is 0.0366. The van der Waals surface area contributed by atoms with Crippen molar-refractivity contribution in [3.63, 3.8) is 0 Å². The molecule has 29 heavy (non-hydrogen) atoms. The second-order valence-corrected chi connectivity index (χ2v) is 7.18. The number of allylic oxidation sites excluding steroid dienone is 3. The Morgan fingerprint density at radius 2 is 1.97 bits per heavy atom. The van der Waals surface area contributed by atoms with Crippen LogP contribution in [0.15, 0.2) is 47.8 Å². The minimum atomic E-state index is -1.20. The molecule has 0 spiro atoms. The molecule has 1 amide bonds. The first kappa shape index (κ1) is 23.0. The first-order chi connectivity index (χ1) is 13.8. The van der Waals surface area contributed by atoms with Gasteiger partial charge in [-0.15, -0.1) is 0 Å². The summed E-state index contributed by atoms with van der Waals surface area (Å²) in [6.07, 6.45) is 1.80. The highest BCUT2D eigenvalue weighted by Gasteiger charge is 2.26. The summed E-state index contributed by atoms with van der Waals surface area (Å²) in [7, 11) is 0. The van der Waals surface area contributed by atoms with Crippen LogP contribution in [-0.2, 0) is 4.74 Å². The molecule has 0 bridgehead atoms. The van der Waals surface area contributed by atoms with Gasteiger partial charge in [0.2, 0.25) is 0 Å². The van der Waals surface area contributed by atoms with E-state index in [2.05, 4.69) is 5.32 Å². The Hall–Kier alpha value is -2.32. The highest BCUT2D eigenvalue weighted by molar-refractivity contribution is 5.94. The van der Waals surface area contributed by atoms with E-state index >= 15 is 0 Å². The fraction of sp³-hybridized carbons (Fsp3) is 0.476. The predicted octanol–water partition coefficient (Wildman–Crippen LogP) is 3.50. The number of aliphatic hydroxyl groups excluding tert-OH is 1. The van der Waals surface area contributed by atoms with Crippen LogP contribution in [0.25, 0.3) is 0 Å². The van der Waals surface area contributed by atoms with Gasteiger partial charge in [0, 0.05) is 12.0 Å². The van der Waals surface area contributed by atoms with E-state index in [1.807, 2.05) is 0 Å². The van der Waals surface area contributed by atoms with Crippen LogP contribution in [0.3, 0.4) is 0 Å². The Labute approximate surface area is 168 Å². The molecule has 1 aromatic rings. The highest BCUT2D eigenvalue weighted by atomic mass is 19.1. The van der Waals surface area contributed by atoms with Gasteiger partial charge in [0.25, 0.3) is 5.91 Å². The van der Waals surface area contributed by atoms with Gasteiger partial charge in [0.1, 0.15) is 24.4 Å². The minimum absolute atomic E-state index is 0.0279. The molecule has 160 valence electrons. The molecule has 0 radical (unpaired) electrons. The molecule has 3 atom stereocenters. The molecule has 1 aliphatic carbocycles. The van der Waals surface area contributed by atoms with E-state index in [0.717, 1.165) is 12.1 Å². The number of amides is 1. The van der Waals surface area contributed by atoms with Crippen LogP contribution in [0.5, 0.6) is 0 Å². The van der Waals surface area contributed by atoms with Gasteiger partial charge in [-0.05, 0) is 55.6 Å². The van der Waals surface area contributed by atoms with Crippen molar-refractivity contribution in [3.05, 3.63) is 59.1 Å². The zero-order chi connectivity index (χ0) is 21.4. The summed E-state index contributed by atoms with van der Waals surface area (Å²) in [5.41, 5.74) is 5.72. The summed E-state index contributed by atoms with van der Waals surface area (Å²) >= 11 is 0. The fourth-order valence-electron chi connectivity index (χ4n) is 3.04. The highest BCUT2D eigenvalue weighted by Crippen LogP contribution is 2.31. The van der Waals surface area contributed by atoms with Crippen molar-refractivity contribution in [2.24, 2.45) is 11.7 Å². The van der Waals surface area contributed by atoms with Crippen LogP contribution in [0.1, 0.15) is 43.0 Å². The summed E-state index contributed by atoms with van der Waals surface area (Å²) in [6.45, 7) is 1.75. The topological polar surface area (TPSA) is 84.6 Å². The molecular formula is C21H27F3N2O3. The largest absolute Gasteiger partial charge is 0.485 e. The van der Waals surface area contributed by atoms with Crippen molar-refractivity contribution in [2.45, 2.75) is 44.8 Å². The quantitative estimate of drug-likeness (QED) is 0.514. The number of carbonyl (C=O) groups excluding carboxylic acids is 1. The van der Waals surface area contributed by atoms with Crippen LogP contribution in [0.4, 0.5) is 13.2 Å². The Morgan fingerprint density at radius 3 is 2.59 bits per heavy atom. The number of ether oxygens (including phenoxy) is 1. The van der Waals surface area contributed by atoms with E-state index in [1.165, 1.54) is 18.2 Å². The molecular weight excluding hydrogens is 385 g/mol. The minimum Gasteiger partial charge on any atom is -0.485 e. The van der Waals surface area contributed by atoms with E-state index in [-0.39, 0.29) is 17.9 Å². The van der Waals surface area contributed by atoms with Crippen molar-refractivity contribution in [2.75, 3.05) is 13.2 Å². The van der Waals surface area contributed by atoms with Gasteiger partial charge in [-0.2, -0.15) is 0 Å². The molecule has 1 aliphatic rings. The number of hydrogen-bond acceptors (Lipinski definition) is 4. The number of halogens is 3. The third-order valence-corrected chi connectivity index (χ3v) is 4.65. The Kier molecular flexibility index (Phi) is 8.72. The molecule has 0 saturated heterocycles. The summed E-state index contributed by atoms with van der Waals surface area (Å²) in [4.78, 5) is 12.4. The number of unbranched alkanes of at least 4 members (excludes halogenated alkanes) is 1. The number of carbonyl (C=O) groups is 1. The Balaban J connectivity index is 2.02. The molecule has 4 N–H and O–H groups in total. The fourth-order valence-corrected chi connectivity index (χ4v) is 3.04. The monoisotopic (exact) mass is 412 g/mol. The van der Waals surface area contributed by atoms with Gasteiger partial charge in [0.05, 0.1) is 6.04 Å². The molecule has 0 fully saturated rings. The second-order valence-electron chi connectivity index (χ2n) is 7.18. The van der Waals surface area contributed by atoms with Crippen molar-refractivity contribution < 1.29 is 27.8 Å². The van der Waals surface area contributed by atoms with Gasteiger partial charge in [-0.25, -0.2) is 13.2 Å². The SMILES string of the molecule is CC1C=C(F)C(OCC(O)C(CCCCN)NC(=O)c2ccc(F)cc2)=C(F)C1. The average Bonchev–Trinajstić information content (AvgIpc) is 2.66. The normalized spacial score (nSPS) is 18.8. The van der Waals surface area contributed by atoms with Gasteiger partial charge in [0.15, 0.2) is 11.6 Å².